The second-order valence-electron chi connectivity index (χ2n) is 4.31. The maximum absolute atomic E-state index is 5.46. The molecule has 0 spiro atoms. The monoisotopic (exact) mass is 235 g/mol. The first kappa shape index (κ1) is 11.7. The van der Waals surface area contributed by atoms with Gasteiger partial charge in [-0.2, -0.15) is 10.2 Å². The van der Waals surface area contributed by atoms with E-state index in [0.29, 0.717) is 24.8 Å². The van der Waals surface area contributed by atoms with Crippen LogP contribution in [-0.4, -0.2) is 29.5 Å². The summed E-state index contributed by atoms with van der Waals surface area (Å²) in [6, 6.07) is 0. The Morgan fingerprint density at radius 1 is 1.35 bits per heavy atom. The number of hydrogen-bond acceptors (Lipinski definition) is 5. The van der Waals surface area contributed by atoms with Crippen LogP contribution < -0.4 is 5.73 Å². The van der Waals surface area contributed by atoms with Crippen molar-refractivity contribution in [3.63, 3.8) is 0 Å². The van der Waals surface area contributed by atoms with E-state index in [1.807, 2.05) is 4.68 Å². The third-order valence-electron chi connectivity index (χ3n) is 2.30. The Kier molecular flexibility index (Phi) is 3.48. The first-order chi connectivity index (χ1) is 8.19. The molecule has 2 aromatic rings. The molecule has 0 atom stereocenters. The second-order valence-corrected chi connectivity index (χ2v) is 4.31. The summed E-state index contributed by atoms with van der Waals surface area (Å²) in [5.74, 6) is 2.05. The molecule has 0 unspecified atom stereocenters. The Labute approximate surface area is 99.7 Å². The highest BCUT2D eigenvalue weighted by Gasteiger charge is 2.08. The molecule has 0 fully saturated rings. The second kappa shape index (κ2) is 5.05. The van der Waals surface area contributed by atoms with Gasteiger partial charge in [-0.15, -0.1) is 0 Å². The summed E-state index contributed by atoms with van der Waals surface area (Å²) in [5, 5.41) is 8.42. The maximum atomic E-state index is 5.46. The van der Waals surface area contributed by atoms with Gasteiger partial charge in [-0.3, -0.25) is 0 Å². The molecule has 0 saturated heterocycles. The average Bonchev–Trinajstić information content (AvgIpc) is 2.89. The Balaban J connectivity index is 2.10. The Bertz CT molecular complexity index is 470. The van der Waals surface area contributed by atoms with E-state index >= 15 is 0 Å². The number of rotatable bonds is 5. The van der Waals surface area contributed by atoms with Crippen molar-refractivity contribution < 1.29 is 0 Å². The van der Waals surface area contributed by atoms with Gasteiger partial charge >= 0.3 is 0 Å². The SMILES string of the molecule is CC(C)Cn1ncnc1Cn1cnc(CN)n1. The van der Waals surface area contributed by atoms with Gasteiger partial charge < -0.3 is 5.73 Å². The van der Waals surface area contributed by atoms with Crippen LogP contribution >= 0.6 is 0 Å². The van der Waals surface area contributed by atoms with Crippen LogP contribution in [0.3, 0.4) is 0 Å². The summed E-state index contributed by atoms with van der Waals surface area (Å²) in [5.41, 5.74) is 5.46. The van der Waals surface area contributed by atoms with Crippen molar-refractivity contribution in [3.05, 3.63) is 24.3 Å². The minimum atomic E-state index is 0.353. The fourth-order valence-corrected chi connectivity index (χ4v) is 1.56. The minimum absolute atomic E-state index is 0.353. The van der Waals surface area contributed by atoms with Crippen LogP contribution in [0.5, 0.6) is 0 Å². The number of aromatic nitrogens is 6. The van der Waals surface area contributed by atoms with E-state index in [4.69, 9.17) is 5.73 Å². The Morgan fingerprint density at radius 2 is 2.18 bits per heavy atom. The molecule has 0 aliphatic heterocycles. The van der Waals surface area contributed by atoms with E-state index in [2.05, 4.69) is 34.0 Å². The highest BCUT2D eigenvalue weighted by atomic mass is 15.4. The fraction of sp³-hybridized carbons (Fsp3) is 0.600. The molecule has 0 amide bonds. The number of hydrogen-bond donors (Lipinski definition) is 1. The van der Waals surface area contributed by atoms with E-state index in [1.54, 1.807) is 17.3 Å². The van der Waals surface area contributed by atoms with Crippen molar-refractivity contribution in [2.45, 2.75) is 33.5 Å². The van der Waals surface area contributed by atoms with Crippen molar-refractivity contribution in [2.75, 3.05) is 0 Å². The van der Waals surface area contributed by atoms with Crippen LogP contribution in [0.4, 0.5) is 0 Å². The van der Waals surface area contributed by atoms with E-state index in [1.165, 1.54) is 0 Å². The average molecular weight is 235 g/mol. The molecule has 7 nitrogen and oxygen atoms in total. The van der Waals surface area contributed by atoms with E-state index in [0.717, 1.165) is 12.4 Å². The molecule has 0 bridgehead atoms. The minimum Gasteiger partial charge on any atom is -0.324 e. The van der Waals surface area contributed by atoms with Gasteiger partial charge in [0.2, 0.25) is 0 Å². The van der Waals surface area contributed by atoms with Gasteiger partial charge in [-0.05, 0) is 5.92 Å². The van der Waals surface area contributed by atoms with Crippen molar-refractivity contribution in [1.29, 1.82) is 0 Å². The third kappa shape index (κ3) is 2.88. The molecule has 7 heteroatoms. The summed E-state index contributed by atoms with van der Waals surface area (Å²) >= 11 is 0. The summed E-state index contributed by atoms with van der Waals surface area (Å²) in [6.45, 7) is 6.07. The molecule has 2 N–H and O–H groups in total. The normalized spacial score (nSPS) is 11.3. The zero-order valence-electron chi connectivity index (χ0n) is 10.1. The number of nitrogens with two attached hydrogens (primary N) is 1. The van der Waals surface area contributed by atoms with Gasteiger partial charge in [0, 0.05) is 6.54 Å². The predicted molar refractivity (Wildman–Crippen MR) is 61.9 cm³/mol. The third-order valence-corrected chi connectivity index (χ3v) is 2.30. The van der Waals surface area contributed by atoms with Crippen LogP contribution in [0, 0.1) is 5.92 Å². The summed E-state index contributed by atoms with van der Waals surface area (Å²) in [4.78, 5) is 8.31. The maximum Gasteiger partial charge on any atom is 0.164 e. The number of nitrogens with zero attached hydrogens (tertiary/aromatic N) is 6. The quantitative estimate of drug-likeness (QED) is 0.790. The van der Waals surface area contributed by atoms with E-state index < -0.39 is 0 Å². The highest BCUT2D eigenvalue weighted by molar-refractivity contribution is 4.88. The lowest BCUT2D eigenvalue weighted by Gasteiger charge is -2.07. The smallest absolute Gasteiger partial charge is 0.164 e. The van der Waals surface area contributed by atoms with Gasteiger partial charge in [-0.25, -0.2) is 19.3 Å². The Morgan fingerprint density at radius 3 is 2.82 bits per heavy atom. The standard InChI is InChI=1S/C10H17N7/c1-8(2)4-17-10(12-6-14-17)5-16-7-13-9(3-11)15-16/h6-8H,3-5,11H2,1-2H3. The molecule has 92 valence electrons. The molecular formula is C10H17N7. The van der Waals surface area contributed by atoms with Crippen LogP contribution in [0.25, 0.3) is 0 Å². The van der Waals surface area contributed by atoms with Crippen LogP contribution in [-0.2, 0) is 19.6 Å². The lowest BCUT2D eigenvalue weighted by atomic mass is 10.2. The molecular weight excluding hydrogens is 218 g/mol. The highest BCUT2D eigenvalue weighted by Crippen LogP contribution is 2.02. The lowest BCUT2D eigenvalue weighted by molar-refractivity contribution is 0.456. The first-order valence-corrected chi connectivity index (χ1v) is 5.64. The topological polar surface area (TPSA) is 87.4 Å². The molecule has 0 aliphatic carbocycles. The molecule has 0 aromatic carbocycles. The van der Waals surface area contributed by atoms with Crippen molar-refractivity contribution >= 4 is 0 Å². The van der Waals surface area contributed by atoms with Gasteiger partial charge in [0.1, 0.15) is 25.0 Å². The predicted octanol–water partition coefficient (Wildman–Crippen LogP) is 0.0326. The van der Waals surface area contributed by atoms with E-state index in [9.17, 15) is 0 Å². The zero-order valence-corrected chi connectivity index (χ0v) is 10.1. The molecule has 17 heavy (non-hydrogen) atoms. The van der Waals surface area contributed by atoms with Gasteiger partial charge in [0.05, 0.1) is 6.54 Å². The van der Waals surface area contributed by atoms with Crippen LogP contribution in [0.1, 0.15) is 25.5 Å². The largest absolute Gasteiger partial charge is 0.324 e. The molecule has 0 saturated carbocycles. The van der Waals surface area contributed by atoms with Crippen molar-refractivity contribution in [2.24, 2.45) is 11.7 Å². The summed E-state index contributed by atoms with van der Waals surface area (Å²) in [7, 11) is 0. The van der Waals surface area contributed by atoms with Gasteiger partial charge in [0.15, 0.2) is 5.82 Å². The fourth-order valence-electron chi connectivity index (χ4n) is 1.56. The van der Waals surface area contributed by atoms with Crippen LogP contribution in [0.15, 0.2) is 12.7 Å². The molecule has 2 aromatic heterocycles. The molecule has 0 aliphatic rings. The van der Waals surface area contributed by atoms with Crippen LogP contribution in [0.2, 0.25) is 0 Å². The Hall–Kier alpha value is -1.76. The van der Waals surface area contributed by atoms with E-state index in [-0.39, 0.29) is 0 Å². The zero-order chi connectivity index (χ0) is 12.3. The molecule has 0 radical (unpaired) electrons. The first-order valence-electron chi connectivity index (χ1n) is 5.64. The van der Waals surface area contributed by atoms with Crippen molar-refractivity contribution in [3.8, 4) is 0 Å². The lowest BCUT2D eigenvalue weighted by Crippen LogP contribution is -2.13. The van der Waals surface area contributed by atoms with Gasteiger partial charge in [-0.1, -0.05) is 13.8 Å². The summed E-state index contributed by atoms with van der Waals surface area (Å²) in [6.07, 6.45) is 3.23. The summed E-state index contributed by atoms with van der Waals surface area (Å²) < 4.78 is 3.62. The van der Waals surface area contributed by atoms with Crippen molar-refractivity contribution in [1.82, 2.24) is 29.5 Å². The molecule has 2 heterocycles. The molecule has 2 rings (SSSR count). The van der Waals surface area contributed by atoms with Gasteiger partial charge in [0.25, 0.3) is 0 Å².